The van der Waals surface area contributed by atoms with Crippen LogP contribution in [0.15, 0.2) is 42.5 Å². The largest absolute Gasteiger partial charge is 0.383 e. The minimum absolute atomic E-state index is 0.0191. The number of rotatable bonds is 8. The first-order valence-corrected chi connectivity index (χ1v) is 10.8. The molecule has 1 saturated heterocycles. The normalized spacial score (nSPS) is 21.4. The Bertz CT molecular complexity index is 878. The zero-order valence-corrected chi connectivity index (χ0v) is 17.7. The van der Waals surface area contributed by atoms with Crippen LogP contribution in [0.1, 0.15) is 23.1 Å². The minimum Gasteiger partial charge on any atom is -0.383 e. The number of benzene rings is 2. The van der Waals surface area contributed by atoms with E-state index in [0.717, 1.165) is 12.8 Å². The molecule has 31 heavy (non-hydrogen) atoms. The van der Waals surface area contributed by atoms with Gasteiger partial charge in [0, 0.05) is 44.4 Å². The van der Waals surface area contributed by atoms with Crippen LogP contribution in [0, 0.1) is 11.6 Å². The van der Waals surface area contributed by atoms with E-state index in [1.807, 2.05) is 12.1 Å². The Balaban J connectivity index is 1.45. The summed E-state index contributed by atoms with van der Waals surface area (Å²) in [4.78, 5) is 15.2. The number of carbonyl (C=O) groups is 1. The highest BCUT2D eigenvalue weighted by atomic mass is 19.1. The molecule has 166 valence electrons. The van der Waals surface area contributed by atoms with Crippen LogP contribution in [0.25, 0.3) is 0 Å². The van der Waals surface area contributed by atoms with Crippen molar-refractivity contribution in [3.63, 3.8) is 0 Å². The van der Waals surface area contributed by atoms with Gasteiger partial charge in [0.05, 0.1) is 12.6 Å². The molecule has 1 aliphatic carbocycles. The van der Waals surface area contributed by atoms with Crippen LogP contribution in [-0.4, -0.2) is 55.7 Å². The van der Waals surface area contributed by atoms with Crippen molar-refractivity contribution in [2.45, 2.75) is 43.9 Å². The van der Waals surface area contributed by atoms with Crippen LogP contribution in [0.2, 0.25) is 0 Å². The molecule has 2 aromatic rings. The van der Waals surface area contributed by atoms with Crippen molar-refractivity contribution >= 4 is 5.91 Å². The van der Waals surface area contributed by atoms with E-state index in [1.165, 1.54) is 29.3 Å². The monoisotopic (exact) mass is 429 g/mol. The van der Waals surface area contributed by atoms with Gasteiger partial charge in [0.25, 0.3) is 0 Å². The van der Waals surface area contributed by atoms with Crippen molar-refractivity contribution in [3.8, 4) is 0 Å². The van der Waals surface area contributed by atoms with Gasteiger partial charge in [0.15, 0.2) is 0 Å². The second kappa shape index (κ2) is 9.85. The predicted molar refractivity (Wildman–Crippen MR) is 115 cm³/mol. The Morgan fingerprint density at radius 3 is 2.42 bits per heavy atom. The van der Waals surface area contributed by atoms with Gasteiger partial charge in [-0.2, -0.15) is 0 Å². The summed E-state index contributed by atoms with van der Waals surface area (Å²) < 4.78 is 33.1. The Morgan fingerprint density at radius 1 is 1.10 bits per heavy atom. The first-order chi connectivity index (χ1) is 15.1. The summed E-state index contributed by atoms with van der Waals surface area (Å²) in [6, 6.07) is 12.2. The van der Waals surface area contributed by atoms with E-state index in [-0.39, 0.29) is 36.1 Å². The lowest BCUT2D eigenvalue weighted by atomic mass is 10.1. The highest BCUT2D eigenvalue weighted by molar-refractivity contribution is 5.82. The molecular formula is C24H29F2N3O2. The van der Waals surface area contributed by atoms with Gasteiger partial charge >= 0.3 is 0 Å². The third-order valence-corrected chi connectivity index (χ3v) is 6.38. The lowest BCUT2D eigenvalue weighted by Gasteiger charge is -2.29. The number of hydrogen-bond donors (Lipinski definition) is 2. The van der Waals surface area contributed by atoms with Gasteiger partial charge in [0.2, 0.25) is 5.91 Å². The van der Waals surface area contributed by atoms with Crippen LogP contribution in [0.3, 0.4) is 0 Å². The average Bonchev–Trinajstić information content (AvgIpc) is 3.37. The van der Waals surface area contributed by atoms with Crippen molar-refractivity contribution in [1.82, 2.24) is 15.5 Å². The van der Waals surface area contributed by atoms with E-state index < -0.39 is 11.6 Å². The van der Waals surface area contributed by atoms with Crippen LogP contribution in [0.4, 0.5) is 8.78 Å². The molecule has 2 N–H and O–H groups in total. The fourth-order valence-electron chi connectivity index (χ4n) is 4.78. The first-order valence-electron chi connectivity index (χ1n) is 10.8. The zero-order chi connectivity index (χ0) is 21.8. The van der Waals surface area contributed by atoms with Gasteiger partial charge in [-0.3, -0.25) is 9.69 Å². The molecule has 0 aromatic heterocycles. The number of hydrogen-bond acceptors (Lipinski definition) is 4. The molecule has 0 saturated carbocycles. The van der Waals surface area contributed by atoms with Crippen LogP contribution >= 0.6 is 0 Å². The molecule has 0 radical (unpaired) electrons. The summed E-state index contributed by atoms with van der Waals surface area (Å²) in [7, 11) is 1.60. The van der Waals surface area contributed by atoms with E-state index in [2.05, 4.69) is 27.7 Å². The van der Waals surface area contributed by atoms with Crippen molar-refractivity contribution < 1.29 is 18.3 Å². The SMILES string of the molecule is COCCNC(=O)[C@@H]1C[C@@H](NCc2c(F)cccc2F)CN1C1Cc2ccccc2C1. The molecule has 2 atom stereocenters. The average molecular weight is 430 g/mol. The molecule has 1 fully saturated rings. The summed E-state index contributed by atoms with van der Waals surface area (Å²) in [5.41, 5.74) is 2.70. The van der Waals surface area contributed by atoms with Gasteiger partial charge < -0.3 is 15.4 Å². The number of halogens is 2. The molecule has 0 unspecified atom stereocenters. The van der Waals surface area contributed by atoms with E-state index >= 15 is 0 Å². The Kier molecular flexibility index (Phi) is 6.95. The fraction of sp³-hybridized carbons (Fsp3) is 0.458. The van der Waals surface area contributed by atoms with Gasteiger partial charge in [-0.15, -0.1) is 0 Å². The standard InChI is InChI=1S/C24H29F2N3O2/c1-31-10-9-27-24(30)23-13-18(28-14-20-21(25)7-4-8-22(20)26)15-29(23)19-11-16-5-2-3-6-17(16)12-19/h2-8,18-19,23,28H,9-15H2,1H3,(H,27,30)/t18-,23+/m1/s1. The lowest BCUT2D eigenvalue weighted by Crippen LogP contribution is -2.48. The number of ether oxygens (including phenoxy) is 1. The van der Waals surface area contributed by atoms with Gasteiger partial charge in [-0.05, 0) is 42.5 Å². The topological polar surface area (TPSA) is 53.6 Å². The second-order valence-electron chi connectivity index (χ2n) is 8.34. The van der Waals surface area contributed by atoms with Crippen molar-refractivity contribution in [2.75, 3.05) is 26.8 Å². The van der Waals surface area contributed by atoms with Crippen LogP contribution in [0.5, 0.6) is 0 Å². The van der Waals surface area contributed by atoms with Crippen molar-refractivity contribution in [1.29, 1.82) is 0 Å². The molecule has 5 nitrogen and oxygen atoms in total. The third-order valence-electron chi connectivity index (χ3n) is 6.38. The van der Waals surface area contributed by atoms with Crippen LogP contribution < -0.4 is 10.6 Å². The van der Waals surface area contributed by atoms with Gasteiger partial charge in [-0.25, -0.2) is 8.78 Å². The van der Waals surface area contributed by atoms with Crippen molar-refractivity contribution in [3.05, 3.63) is 70.8 Å². The molecular weight excluding hydrogens is 400 g/mol. The quantitative estimate of drug-likeness (QED) is 0.633. The van der Waals surface area contributed by atoms with Crippen molar-refractivity contribution in [2.24, 2.45) is 0 Å². The summed E-state index contributed by atoms with van der Waals surface area (Å²) >= 11 is 0. The maximum atomic E-state index is 14.0. The summed E-state index contributed by atoms with van der Waals surface area (Å²) in [6.45, 7) is 1.68. The Morgan fingerprint density at radius 2 is 1.77 bits per heavy atom. The van der Waals surface area contributed by atoms with Gasteiger partial charge in [-0.1, -0.05) is 30.3 Å². The molecule has 2 aliphatic rings. The summed E-state index contributed by atoms with van der Waals surface area (Å²) in [5, 5.41) is 6.24. The minimum atomic E-state index is -0.553. The molecule has 0 spiro atoms. The predicted octanol–water partition coefficient (Wildman–Crippen LogP) is 2.43. The fourth-order valence-corrected chi connectivity index (χ4v) is 4.78. The highest BCUT2D eigenvalue weighted by Crippen LogP contribution is 2.31. The Hall–Kier alpha value is -2.35. The summed E-state index contributed by atoms with van der Waals surface area (Å²) in [5.74, 6) is -1.13. The number of nitrogens with zero attached hydrogens (tertiary/aromatic N) is 1. The van der Waals surface area contributed by atoms with E-state index in [0.29, 0.717) is 26.1 Å². The van der Waals surface area contributed by atoms with E-state index in [9.17, 15) is 13.6 Å². The smallest absolute Gasteiger partial charge is 0.237 e. The molecule has 7 heteroatoms. The Labute approximate surface area is 181 Å². The summed E-state index contributed by atoms with van der Waals surface area (Å²) in [6.07, 6.45) is 2.42. The van der Waals surface area contributed by atoms with Crippen LogP contribution in [-0.2, 0) is 28.9 Å². The highest BCUT2D eigenvalue weighted by Gasteiger charge is 2.41. The molecule has 1 heterocycles. The number of likely N-dealkylation sites (tertiary alicyclic amines) is 1. The second-order valence-corrected chi connectivity index (χ2v) is 8.34. The lowest BCUT2D eigenvalue weighted by molar-refractivity contribution is -0.126. The maximum Gasteiger partial charge on any atom is 0.237 e. The molecule has 2 aromatic carbocycles. The number of nitrogens with one attached hydrogen (secondary N) is 2. The van der Waals surface area contributed by atoms with Gasteiger partial charge in [0.1, 0.15) is 11.6 Å². The number of amides is 1. The molecule has 4 rings (SSSR count). The van der Waals surface area contributed by atoms with E-state index in [4.69, 9.17) is 4.74 Å². The third kappa shape index (κ3) is 4.95. The molecule has 1 amide bonds. The number of methoxy groups -OCH3 is 1. The number of fused-ring (bicyclic) bond motifs is 1. The maximum absolute atomic E-state index is 14.0. The zero-order valence-electron chi connectivity index (χ0n) is 17.7. The number of carbonyl (C=O) groups excluding carboxylic acids is 1. The first kappa shape index (κ1) is 21.9. The van der Waals surface area contributed by atoms with E-state index in [1.54, 1.807) is 7.11 Å². The molecule has 1 aliphatic heterocycles. The molecule has 0 bridgehead atoms.